The van der Waals surface area contributed by atoms with E-state index in [2.05, 4.69) is 0 Å². The van der Waals surface area contributed by atoms with Gasteiger partial charge in [-0.25, -0.2) is 0 Å². The van der Waals surface area contributed by atoms with Crippen LogP contribution in [-0.2, 0) is 0 Å². The highest BCUT2D eigenvalue weighted by molar-refractivity contribution is 5.89. The van der Waals surface area contributed by atoms with Crippen molar-refractivity contribution in [1.82, 2.24) is 0 Å². The number of hydrogen-bond acceptors (Lipinski definition) is 6. The van der Waals surface area contributed by atoms with Gasteiger partial charge in [-0.15, -0.1) is 0 Å². The molecule has 6 heteroatoms. The molecule has 2 rings (SSSR count). The van der Waals surface area contributed by atoms with Gasteiger partial charge in [-0.3, -0.25) is 19.2 Å². The second-order valence-corrected chi connectivity index (χ2v) is 5.41. The lowest BCUT2D eigenvalue weighted by atomic mass is 10.1. The van der Waals surface area contributed by atoms with Gasteiger partial charge in [-0.05, 0) is 37.1 Å². The highest BCUT2D eigenvalue weighted by Gasteiger charge is 2.10. The van der Waals surface area contributed by atoms with Gasteiger partial charge in [0.1, 0.15) is 11.5 Å². The summed E-state index contributed by atoms with van der Waals surface area (Å²) in [6, 6.07) is 9.55. The van der Waals surface area contributed by atoms with E-state index in [0.29, 0.717) is 73.5 Å². The first-order valence-electron chi connectivity index (χ1n) is 8.07. The van der Waals surface area contributed by atoms with Crippen LogP contribution in [0.1, 0.15) is 54.3 Å². The van der Waals surface area contributed by atoms with E-state index in [4.69, 9.17) is 9.47 Å². The number of para-hydroxylation sites is 2. The molecule has 0 aliphatic rings. The van der Waals surface area contributed by atoms with E-state index < -0.39 is 0 Å². The molecule has 2 aromatic carbocycles. The van der Waals surface area contributed by atoms with Crippen molar-refractivity contribution in [3.63, 3.8) is 0 Å². The third-order valence-electron chi connectivity index (χ3n) is 3.69. The van der Waals surface area contributed by atoms with Gasteiger partial charge in [0.05, 0.1) is 35.5 Å². The molecule has 2 aromatic rings. The molecule has 0 N–H and O–H groups in total. The summed E-state index contributed by atoms with van der Waals surface area (Å²) in [5.41, 5.74) is 1.28. The predicted octanol–water partition coefficient (Wildman–Crippen LogP) is 3.17. The van der Waals surface area contributed by atoms with Crippen LogP contribution in [0.2, 0.25) is 0 Å². The highest BCUT2D eigenvalue weighted by Crippen LogP contribution is 2.23. The van der Waals surface area contributed by atoms with Gasteiger partial charge < -0.3 is 9.47 Å². The molecule has 0 unspecified atom stereocenters. The average Bonchev–Trinajstić information content (AvgIpc) is 2.70. The quantitative estimate of drug-likeness (QED) is 0.455. The predicted molar refractivity (Wildman–Crippen MR) is 94.7 cm³/mol. The van der Waals surface area contributed by atoms with Crippen molar-refractivity contribution in [3.8, 4) is 11.5 Å². The molecule has 0 heterocycles. The molecule has 0 saturated carbocycles. The summed E-state index contributed by atoms with van der Waals surface area (Å²) in [6.07, 6.45) is 3.77. The van der Waals surface area contributed by atoms with E-state index in [1.807, 2.05) is 0 Å². The van der Waals surface area contributed by atoms with Gasteiger partial charge in [0.2, 0.25) is 0 Å². The van der Waals surface area contributed by atoms with E-state index in [-0.39, 0.29) is 11.5 Å². The second-order valence-electron chi connectivity index (χ2n) is 5.41. The SMILES string of the molecule is O=Cc1cccc(C=O)c1OCCCCOc1c(C=O)cccc1C=O. The van der Waals surface area contributed by atoms with Crippen molar-refractivity contribution in [2.75, 3.05) is 13.2 Å². The maximum atomic E-state index is 11.0. The number of benzene rings is 2. The maximum absolute atomic E-state index is 11.0. The van der Waals surface area contributed by atoms with Crippen LogP contribution in [0.5, 0.6) is 11.5 Å². The smallest absolute Gasteiger partial charge is 0.153 e. The van der Waals surface area contributed by atoms with Crippen molar-refractivity contribution in [2.45, 2.75) is 12.8 Å². The van der Waals surface area contributed by atoms with E-state index in [0.717, 1.165) is 0 Å². The molecule has 0 atom stereocenters. The molecule has 0 aliphatic heterocycles. The zero-order valence-corrected chi connectivity index (χ0v) is 14.1. The summed E-state index contributed by atoms with van der Waals surface area (Å²) in [5.74, 6) is 0.543. The van der Waals surface area contributed by atoms with E-state index >= 15 is 0 Å². The molecule has 0 radical (unpaired) electrons. The van der Waals surface area contributed by atoms with Crippen LogP contribution in [0.25, 0.3) is 0 Å². The fourth-order valence-electron chi connectivity index (χ4n) is 2.40. The zero-order chi connectivity index (χ0) is 18.8. The molecule has 0 fully saturated rings. The van der Waals surface area contributed by atoms with E-state index in [9.17, 15) is 19.2 Å². The number of carbonyl (C=O) groups excluding carboxylic acids is 4. The first-order valence-corrected chi connectivity index (χ1v) is 8.07. The molecule has 134 valence electrons. The summed E-state index contributed by atoms with van der Waals surface area (Å²) < 4.78 is 11.1. The lowest BCUT2D eigenvalue weighted by Crippen LogP contribution is -2.07. The average molecular weight is 354 g/mol. The lowest BCUT2D eigenvalue weighted by Gasteiger charge is -2.12. The van der Waals surface area contributed by atoms with Gasteiger partial charge in [-0.2, -0.15) is 0 Å². The number of rotatable bonds is 11. The maximum Gasteiger partial charge on any atom is 0.153 e. The summed E-state index contributed by atoms with van der Waals surface area (Å²) in [4.78, 5) is 44.1. The normalized spacial score (nSPS) is 10.0. The molecule has 0 spiro atoms. The van der Waals surface area contributed by atoms with Crippen molar-refractivity contribution in [3.05, 3.63) is 58.7 Å². The Morgan fingerprint density at radius 2 is 0.885 bits per heavy atom. The molecule has 26 heavy (non-hydrogen) atoms. The van der Waals surface area contributed by atoms with Crippen LogP contribution in [0.4, 0.5) is 0 Å². The number of ether oxygens (including phenoxy) is 2. The monoisotopic (exact) mass is 354 g/mol. The number of aldehydes is 4. The second kappa shape index (κ2) is 9.88. The summed E-state index contributed by atoms with van der Waals surface area (Å²) in [7, 11) is 0. The Morgan fingerprint density at radius 1 is 0.577 bits per heavy atom. The Bertz CT molecular complexity index is 677. The van der Waals surface area contributed by atoms with Crippen LogP contribution < -0.4 is 9.47 Å². The Morgan fingerprint density at radius 3 is 1.15 bits per heavy atom. The third-order valence-corrected chi connectivity index (χ3v) is 3.69. The zero-order valence-electron chi connectivity index (χ0n) is 14.1. The molecular weight excluding hydrogens is 336 g/mol. The van der Waals surface area contributed by atoms with Crippen molar-refractivity contribution >= 4 is 25.1 Å². The first-order chi connectivity index (χ1) is 12.7. The Labute approximate surface area is 150 Å². The van der Waals surface area contributed by atoms with Crippen molar-refractivity contribution < 1.29 is 28.7 Å². The van der Waals surface area contributed by atoms with Gasteiger partial charge in [0, 0.05) is 0 Å². The van der Waals surface area contributed by atoms with Crippen LogP contribution in [0.15, 0.2) is 36.4 Å². The third kappa shape index (κ3) is 4.63. The van der Waals surface area contributed by atoms with Crippen LogP contribution in [0, 0.1) is 0 Å². The molecule has 0 aromatic heterocycles. The first kappa shape index (κ1) is 19.1. The molecule has 6 nitrogen and oxygen atoms in total. The van der Waals surface area contributed by atoms with Gasteiger partial charge in [0.15, 0.2) is 25.1 Å². The summed E-state index contributed by atoms with van der Waals surface area (Å²) in [5, 5.41) is 0. The summed E-state index contributed by atoms with van der Waals surface area (Å²) >= 11 is 0. The number of carbonyl (C=O) groups is 4. The van der Waals surface area contributed by atoms with E-state index in [1.54, 1.807) is 36.4 Å². The lowest BCUT2D eigenvalue weighted by molar-refractivity contribution is 0.110. The fraction of sp³-hybridized carbons (Fsp3) is 0.200. The van der Waals surface area contributed by atoms with E-state index in [1.165, 1.54) is 0 Å². The van der Waals surface area contributed by atoms with Crippen LogP contribution in [-0.4, -0.2) is 38.4 Å². The number of unbranched alkanes of at least 4 members (excludes halogenated alkanes) is 1. The minimum Gasteiger partial charge on any atom is -0.492 e. The molecule has 0 amide bonds. The largest absolute Gasteiger partial charge is 0.492 e. The van der Waals surface area contributed by atoms with Crippen LogP contribution in [0.3, 0.4) is 0 Å². The minimum absolute atomic E-state index is 0.271. The summed E-state index contributed by atoms with van der Waals surface area (Å²) in [6.45, 7) is 0.593. The van der Waals surface area contributed by atoms with Gasteiger partial charge in [-0.1, -0.05) is 12.1 Å². The Kier molecular flexibility index (Phi) is 7.24. The van der Waals surface area contributed by atoms with Crippen LogP contribution >= 0.6 is 0 Å². The number of hydrogen-bond donors (Lipinski definition) is 0. The molecule has 0 saturated heterocycles. The minimum atomic E-state index is 0.271. The molecule has 0 bridgehead atoms. The van der Waals surface area contributed by atoms with Gasteiger partial charge >= 0.3 is 0 Å². The molecule has 0 aliphatic carbocycles. The Balaban J connectivity index is 1.86. The van der Waals surface area contributed by atoms with Crippen molar-refractivity contribution in [2.24, 2.45) is 0 Å². The fourth-order valence-corrected chi connectivity index (χ4v) is 2.40. The van der Waals surface area contributed by atoms with Gasteiger partial charge in [0.25, 0.3) is 0 Å². The highest BCUT2D eigenvalue weighted by atomic mass is 16.5. The molecular formula is C20H18O6. The standard InChI is InChI=1S/C20H18O6/c21-11-15-5-3-6-16(12-22)19(15)25-9-1-2-10-26-20-17(13-23)7-4-8-18(20)14-24/h3-8,11-14H,1-2,9-10H2. The topological polar surface area (TPSA) is 86.7 Å². The Hall–Kier alpha value is -3.28. The van der Waals surface area contributed by atoms with Crippen molar-refractivity contribution in [1.29, 1.82) is 0 Å².